The molecular formula is C14H9Cl2F2NO2. The number of nitrogen functional groups attached to an aromatic ring is 1. The van der Waals surface area contributed by atoms with Crippen LogP contribution in [0.15, 0.2) is 24.3 Å². The van der Waals surface area contributed by atoms with E-state index in [0.29, 0.717) is 6.07 Å². The largest absolute Gasteiger partial charge is 0.495 e. The molecule has 0 bridgehead atoms. The third-order valence-corrected chi connectivity index (χ3v) is 3.43. The number of nitrogens with two attached hydrogens (primary N) is 1. The lowest BCUT2D eigenvalue weighted by molar-refractivity contribution is 0.103. The Morgan fingerprint density at radius 2 is 1.71 bits per heavy atom. The Kier molecular flexibility index (Phi) is 4.34. The molecule has 0 aliphatic rings. The normalized spacial score (nSPS) is 10.5. The first-order chi connectivity index (χ1) is 9.85. The number of ether oxygens (including phenoxy) is 1. The summed E-state index contributed by atoms with van der Waals surface area (Å²) in [5.74, 6) is -2.45. The topological polar surface area (TPSA) is 52.3 Å². The van der Waals surface area contributed by atoms with Crippen LogP contribution < -0.4 is 10.5 Å². The maximum atomic E-state index is 13.7. The first-order valence-corrected chi connectivity index (χ1v) is 6.43. The second kappa shape index (κ2) is 5.87. The Balaban J connectivity index is 2.55. The number of rotatable bonds is 3. The number of benzene rings is 2. The van der Waals surface area contributed by atoms with Crippen LogP contribution >= 0.6 is 23.2 Å². The fourth-order valence-corrected chi connectivity index (χ4v) is 2.22. The molecule has 0 heterocycles. The van der Waals surface area contributed by atoms with Gasteiger partial charge in [-0.2, -0.15) is 0 Å². The summed E-state index contributed by atoms with van der Waals surface area (Å²) in [6.45, 7) is 0. The molecule has 0 radical (unpaired) electrons. The number of anilines is 1. The van der Waals surface area contributed by atoms with Gasteiger partial charge >= 0.3 is 0 Å². The second-order valence-corrected chi connectivity index (χ2v) is 4.96. The van der Waals surface area contributed by atoms with Gasteiger partial charge in [0.2, 0.25) is 0 Å². The van der Waals surface area contributed by atoms with E-state index in [2.05, 4.69) is 0 Å². The van der Waals surface area contributed by atoms with E-state index in [0.717, 1.165) is 6.07 Å². The van der Waals surface area contributed by atoms with Crippen LogP contribution in [-0.2, 0) is 0 Å². The zero-order valence-corrected chi connectivity index (χ0v) is 12.2. The summed E-state index contributed by atoms with van der Waals surface area (Å²) in [5.41, 5.74) is 4.58. The predicted molar refractivity (Wildman–Crippen MR) is 77.2 cm³/mol. The Bertz CT molecular complexity index is 735. The molecule has 0 saturated heterocycles. The van der Waals surface area contributed by atoms with Crippen LogP contribution in [0, 0.1) is 11.6 Å². The molecule has 0 fully saturated rings. The van der Waals surface area contributed by atoms with E-state index in [9.17, 15) is 13.6 Å². The van der Waals surface area contributed by atoms with Crippen molar-refractivity contribution in [2.75, 3.05) is 12.8 Å². The van der Waals surface area contributed by atoms with E-state index < -0.39 is 23.0 Å². The smallest absolute Gasteiger partial charge is 0.197 e. The number of methoxy groups -OCH3 is 1. The molecule has 2 rings (SSSR count). The molecule has 2 aromatic rings. The molecule has 3 nitrogen and oxygen atoms in total. The van der Waals surface area contributed by atoms with Gasteiger partial charge in [0.15, 0.2) is 5.78 Å². The van der Waals surface area contributed by atoms with E-state index in [1.165, 1.54) is 19.2 Å². The highest BCUT2D eigenvalue weighted by molar-refractivity contribution is 6.37. The minimum atomic E-state index is -1.03. The molecule has 7 heteroatoms. The molecular weight excluding hydrogens is 323 g/mol. The van der Waals surface area contributed by atoms with E-state index >= 15 is 0 Å². The number of carbonyl (C=O) groups is 1. The van der Waals surface area contributed by atoms with Gasteiger partial charge in [-0.05, 0) is 12.1 Å². The van der Waals surface area contributed by atoms with Crippen molar-refractivity contribution in [1.29, 1.82) is 0 Å². The first kappa shape index (κ1) is 15.5. The van der Waals surface area contributed by atoms with Crippen molar-refractivity contribution >= 4 is 34.7 Å². The van der Waals surface area contributed by atoms with Gasteiger partial charge in [0.25, 0.3) is 0 Å². The highest BCUT2D eigenvalue weighted by Gasteiger charge is 2.20. The molecule has 0 aliphatic carbocycles. The summed E-state index contributed by atoms with van der Waals surface area (Å²) >= 11 is 11.9. The number of halogens is 4. The average molecular weight is 332 g/mol. The maximum absolute atomic E-state index is 13.7. The van der Waals surface area contributed by atoms with Gasteiger partial charge in [0, 0.05) is 17.7 Å². The Morgan fingerprint density at radius 1 is 1.05 bits per heavy atom. The van der Waals surface area contributed by atoms with Crippen LogP contribution in [0.5, 0.6) is 5.75 Å². The zero-order chi connectivity index (χ0) is 15.7. The van der Waals surface area contributed by atoms with Gasteiger partial charge in [-0.15, -0.1) is 0 Å². The van der Waals surface area contributed by atoms with Crippen LogP contribution in [-0.4, -0.2) is 12.9 Å². The van der Waals surface area contributed by atoms with E-state index in [4.69, 9.17) is 33.7 Å². The summed E-state index contributed by atoms with van der Waals surface area (Å²) in [5, 5.41) is 0.171. The molecule has 0 aromatic heterocycles. The fourth-order valence-electron chi connectivity index (χ4n) is 1.74. The van der Waals surface area contributed by atoms with Crippen molar-refractivity contribution in [1.82, 2.24) is 0 Å². The summed E-state index contributed by atoms with van der Waals surface area (Å²) in [6, 6.07) is 4.05. The van der Waals surface area contributed by atoms with Crippen molar-refractivity contribution < 1.29 is 18.3 Å². The van der Waals surface area contributed by atoms with Crippen molar-refractivity contribution in [3.8, 4) is 5.75 Å². The van der Waals surface area contributed by atoms with Gasteiger partial charge in [-0.3, -0.25) is 4.79 Å². The van der Waals surface area contributed by atoms with E-state index in [-0.39, 0.29) is 27.0 Å². The van der Waals surface area contributed by atoms with Crippen LogP contribution in [0.1, 0.15) is 15.9 Å². The monoisotopic (exact) mass is 331 g/mol. The average Bonchev–Trinajstić information content (AvgIpc) is 2.44. The molecule has 0 unspecified atom stereocenters. The number of hydrogen-bond acceptors (Lipinski definition) is 3. The number of ketones is 1. The Morgan fingerprint density at radius 3 is 2.33 bits per heavy atom. The number of hydrogen-bond donors (Lipinski definition) is 1. The van der Waals surface area contributed by atoms with Crippen LogP contribution in [0.25, 0.3) is 0 Å². The summed E-state index contributed by atoms with van der Waals surface area (Å²) < 4.78 is 31.8. The lowest BCUT2D eigenvalue weighted by Crippen LogP contribution is -2.07. The summed E-state index contributed by atoms with van der Waals surface area (Å²) in [6.07, 6.45) is 0. The molecule has 0 atom stereocenters. The molecule has 0 aliphatic heterocycles. The van der Waals surface area contributed by atoms with Gasteiger partial charge in [-0.1, -0.05) is 23.2 Å². The maximum Gasteiger partial charge on any atom is 0.197 e. The highest BCUT2D eigenvalue weighted by atomic mass is 35.5. The van der Waals surface area contributed by atoms with Crippen LogP contribution in [0.3, 0.4) is 0 Å². The molecule has 2 aromatic carbocycles. The Hall–Kier alpha value is -1.85. The molecule has 0 spiro atoms. The zero-order valence-electron chi connectivity index (χ0n) is 10.7. The highest BCUT2D eigenvalue weighted by Crippen LogP contribution is 2.32. The van der Waals surface area contributed by atoms with Gasteiger partial charge in [-0.25, -0.2) is 8.78 Å². The third kappa shape index (κ3) is 2.94. The lowest BCUT2D eigenvalue weighted by Gasteiger charge is -2.09. The predicted octanol–water partition coefficient (Wildman–Crippen LogP) is 4.09. The first-order valence-electron chi connectivity index (χ1n) is 5.67. The molecule has 110 valence electrons. The van der Waals surface area contributed by atoms with E-state index in [1.54, 1.807) is 0 Å². The molecule has 0 saturated carbocycles. The Labute approximate surface area is 129 Å². The van der Waals surface area contributed by atoms with Crippen LogP contribution in [0.4, 0.5) is 14.5 Å². The minimum absolute atomic E-state index is 0.0311. The van der Waals surface area contributed by atoms with Gasteiger partial charge in [0.1, 0.15) is 17.4 Å². The summed E-state index contributed by atoms with van der Waals surface area (Å²) in [7, 11) is 1.39. The van der Waals surface area contributed by atoms with Crippen molar-refractivity contribution in [2.45, 2.75) is 0 Å². The fraction of sp³-hybridized carbons (Fsp3) is 0.0714. The SMILES string of the molecule is COc1cc(Cl)c(C(=O)c2cc(N)c(F)cc2F)cc1Cl. The van der Waals surface area contributed by atoms with Crippen molar-refractivity contribution in [3.63, 3.8) is 0 Å². The summed E-state index contributed by atoms with van der Waals surface area (Å²) in [4.78, 5) is 12.3. The van der Waals surface area contributed by atoms with Crippen molar-refractivity contribution in [3.05, 3.63) is 57.1 Å². The standard InChI is InChI=1S/C14H9Cl2F2NO2/c1-21-13-4-8(15)6(2-9(13)16)14(20)7-3-12(19)11(18)5-10(7)17/h2-5H,19H2,1H3. The number of carbonyl (C=O) groups excluding carboxylic acids is 1. The molecule has 0 amide bonds. The lowest BCUT2D eigenvalue weighted by atomic mass is 10.0. The van der Waals surface area contributed by atoms with Gasteiger partial charge in [0.05, 0.1) is 28.4 Å². The second-order valence-electron chi connectivity index (χ2n) is 4.15. The minimum Gasteiger partial charge on any atom is -0.495 e. The molecule has 21 heavy (non-hydrogen) atoms. The third-order valence-electron chi connectivity index (χ3n) is 2.82. The quantitative estimate of drug-likeness (QED) is 0.680. The van der Waals surface area contributed by atoms with Crippen molar-refractivity contribution in [2.24, 2.45) is 0 Å². The van der Waals surface area contributed by atoms with Gasteiger partial charge < -0.3 is 10.5 Å². The molecule has 2 N–H and O–H groups in total. The van der Waals surface area contributed by atoms with Crippen LogP contribution in [0.2, 0.25) is 10.0 Å². The van der Waals surface area contributed by atoms with E-state index in [1.807, 2.05) is 0 Å².